The number of aromatic nitrogens is 6. The van der Waals surface area contributed by atoms with E-state index in [2.05, 4.69) is 15.4 Å². The second kappa shape index (κ2) is 14.6. The van der Waals surface area contributed by atoms with E-state index in [1.165, 1.54) is 20.7 Å². The van der Waals surface area contributed by atoms with Crippen LogP contribution in [0.4, 0.5) is 0 Å². The minimum atomic E-state index is -1.57. The highest BCUT2D eigenvalue weighted by Gasteiger charge is 2.28. The van der Waals surface area contributed by atoms with Gasteiger partial charge in [0.1, 0.15) is 6.04 Å². The van der Waals surface area contributed by atoms with Crippen molar-refractivity contribution in [3.63, 3.8) is 0 Å². The summed E-state index contributed by atoms with van der Waals surface area (Å²) in [5.41, 5.74) is 4.55. The van der Waals surface area contributed by atoms with Gasteiger partial charge in [0.25, 0.3) is 11.1 Å². The van der Waals surface area contributed by atoms with E-state index in [1.807, 2.05) is 65.1 Å². The van der Waals surface area contributed by atoms with E-state index in [-0.39, 0.29) is 31.3 Å². The summed E-state index contributed by atoms with van der Waals surface area (Å²) in [5.74, 6) is -1.36. The van der Waals surface area contributed by atoms with Gasteiger partial charge in [-0.3, -0.25) is 23.3 Å². The molecule has 0 aliphatic heterocycles. The molecule has 12 nitrogen and oxygen atoms in total. The van der Waals surface area contributed by atoms with Gasteiger partial charge < -0.3 is 10.1 Å². The zero-order chi connectivity index (χ0) is 40.3. The van der Waals surface area contributed by atoms with Crippen molar-refractivity contribution in [2.45, 2.75) is 79.1 Å². The molecule has 290 valence electrons. The number of aliphatic carboxylic acids is 1. The molecule has 0 aliphatic carbocycles. The molecule has 0 saturated heterocycles. The van der Waals surface area contributed by atoms with E-state index in [1.54, 1.807) is 47.0 Å². The number of aromatic amines is 1. The number of H-pyrrole nitrogens is 1. The van der Waals surface area contributed by atoms with Crippen LogP contribution < -0.4 is 22.5 Å². The number of para-hydroxylation sites is 1. The molecular weight excluding hydrogens is 741 g/mol. The number of nitrogens with zero attached hydrogens (tertiary/aromatic N) is 5. The highest BCUT2D eigenvalue weighted by Crippen LogP contribution is 2.32. The predicted octanol–water partition coefficient (Wildman–Crippen LogP) is 6.98. The van der Waals surface area contributed by atoms with Gasteiger partial charge in [-0.1, -0.05) is 49.4 Å². The molecule has 2 N–H and O–H groups in total. The maximum Gasteiger partial charge on any atom is 0.332 e. The summed E-state index contributed by atoms with van der Waals surface area (Å²) in [6, 6.07) is 19.9. The van der Waals surface area contributed by atoms with Gasteiger partial charge in [0.05, 0.1) is 44.8 Å². The topological polar surface area (TPSA) is 154 Å². The molecule has 4 heterocycles. The molecule has 0 radical (unpaired) electrons. The molecule has 0 bridgehead atoms. The Balaban J connectivity index is 1.25. The Labute approximate surface area is 330 Å². The summed E-state index contributed by atoms with van der Waals surface area (Å²) in [4.78, 5) is 73.5. The molecule has 1 unspecified atom stereocenters. The first-order valence-corrected chi connectivity index (χ1v) is 19.8. The average molecular weight is 783 g/mol. The van der Waals surface area contributed by atoms with Crippen LogP contribution in [0.3, 0.4) is 0 Å². The summed E-state index contributed by atoms with van der Waals surface area (Å²) in [7, 11) is 0. The number of benzene rings is 4. The number of rotatable bonds is 11. The molecule has 13 heteroatoms. The van der Waals surface area contributed by atoms with Crippen LogP contribution in [0.25, 0.3) is 42.8 Å². The third-order valence-corrected chi connectivity index (χ3v) is 12.0. The summed E-state index contributed by atoms with van der Waals surface area (Å²) in [5, 5.41) is 13.1. The van der Waals surface area contributed by atoms with Crippen LogP contribution in [-0.2, 0) is 24.3 Å². The molecule has 4 aromatic heterocycles. The Morgan fingerprint density at radius 2 is 1.56 bits per heavy atom. The first kappa shape index (κ1) is 37.6. The van der Waals surface area contributed by atoms with Crippen molar-refractivity contribution < 1.29 is 9.90 Å². The predicted molar refractivity (Wildman–Crippen MR) is 225 cm³/mol. The highest BCUT2D eigenvalue weighted by atomic mass is 32.1. The lowest BCUT2D eigenvalue weighted by Crippen LogP contribution is -2.45. The van der Waals surface area contributed by atoms with E-state index < -0.39 is 40.6 Å². The maximum absolute atomic E-state index is 14.5. The van der Waals surface area contributed by atoms with Crippen LogP contribution in [0.2, 0.25) is 0 Å². The summed E-state index contributed by atoms with van der Waals surface area (Å²) in [6.45, 7) is 10.1. The number of fused-ring (bicyclic) bond motifs is 4. The maximum atomic E-state index is 14.5. The molecule has 57 heavy (non-hydrogen) atoms. The lowest BCUT2D eigenvalue weighted by Gasteiger charge is -2.22. The minimum absolute atomic E-state index is 0.0296. The van der Waals surface area contributed by atoms with Crippen molar-refractivity contribution >= 4 is 60.3 Å². The third-order valence-electron chi connectivity index (χ3n) is 11.2. The normalized spacial score (nSPS) is 12.9. The first-order valence-electron chi connectivity index (χ1n) is 19.1. The zero-order valence-corrected chi connectivity index (χ0v) is 33.1. The number of hydrogen-bond acceptors (Lipinski definition) is 7. The second-order valence-corrected chi connectivity index (χ2v) is 15.7. The highest BCUT2D eigenvalue weighted by molar-refractivity contribution is 7.13. The lowest BCUT2D eigenvalue weighted by atomic mass is 9.99. The number of carboxylic acid groups (broad SMARTS) is 1. The first-order chi connectivity index (χ1) is 27.4. The fourth-order valence-corrected chi connectivity index (χ4v) is 9.53. The Bertz CT molecular complexity index is 3160. The van der Waals surface area contributed by atoms with Crippen LogP contribution in [0.5, 0.6) is 0 Å². The quantitative estimate of drug-likeness (QED) is 0.144. The van der Waals surface area contributed by atoms with Gasteiger partial charge in [-0.2, -0.15) is 4.37 Å². The van der Waals surface area contributed by atoms with Gasteiger partial charge in [0.15, 0.2) is 0 Å². The fraction of sp³-hybridized carbons (Fsp3) is 0.273. The summed E-state index contributed by atoms with van der Waals surface area (Å²) in [6.07, 6.45) is 2.29. The fourth-order valence-electron chi connectivity index (χ4n) is 8.56. The van der Waals surface area contributed by atoms with Crippen molar-refractivity contribution in [3.05, 3.63) is 154 Å². The minimum Gasteiger partial charge on any atom is -0.480 e. The van der Waals surface area contributed by atoms with Crippen molar-refractivity contribution in [1.82, 2.24) is 27.6 Å². The molecule has 0 fully saturated rings. The molecule has 8 rings (SSSR count). The average Bonchev–Trinajstić information content (AvgIpc) is 3.81. The van der Waals surface area contributed by atoms with Crippen LogP contribution in [-0.4, -0.2) is 38.7 Å². The lowest BCUT2D eigenvalue weighted by molar-refractivity contribution is -0.141. The molecular formula is C44H42N6O6S. The molecule has 0 amide bonds. The number of carbonyl (C=O) groups is 1. The van der Waals surface area contributed by atoms with Crippen LogP contribution in [0, 0.1) is 20.8 Å². The van der Waals surface area contributed by atoms with Crippen molar-refractivity contribution in [2.75, 3.05) is 0 Å². The van der Waals surface area contributed by atoms with Gasteiger partial charge in [0, 0.05) is 34.6 Å². The van der Waals surface area contributed by atoms with Gasteiger partial charge >= 0.3 is 17.3 Å². The van der Waals surface area contributed by atoms with Gasteiger partial charge in [-0.15, -0.1) is 0 Å². The smallest absolute Gasteiger partial charge is 0.332 e. The molecule has 0 saturated carbocycles. The number of carboxylic acids is 1. The second-order valence-electron chi connectivity index (χ2n) is 14.9. The van der Waals surface area contributed by atoms with E-state index in [9.17, 15) is 29.1 Å². The van der Waals surface area contributed by atoms with E-state index in [4.69, 9.17) is 0 Å². The van der Waals surface area contributed by atoms with Crippen LogP contribution >= 0.6 is 11.5 Å². The Morgan fingerprint density at radius 3 is 2.33 bits per heavy atom. The van der Waals surface area contributed by atoms with Crippen molar-refractivity contribution in [1.29, 1.82) is 0 Å². The number of aryl methyl sites for hydroxylation is 4. The third kappa shape index (κ3) is 6.22. The molecule has 2 atom stereocenters. The van der Waals surface area contributed by atoms with E-state index >= 15 is 0 Å². The van der Waals surface area contributed by atoms with E-state index in [0.29, 0.717) is 34.1 Å². The standard InChI is InChI=1S/C44H42N6O6S/c1-6-19-47-41(52)39-28(12-10-16-34(39)49(43(47)55)27(5)30-22-45-31-14-9-11-25(3)37(30)31)17-18-35(42(53)54)50-40(51)29-13-7-8-15-33(29)48(44(50)56)23-32-38-26(4)20-24(2)21-36(38)57-46-32/h7-16,20-22,27,35,45H,6,17-19,23H2,1-5H3,(H,53,54)/t27?,35-/m0/s1. The SMILES string of the molecule is CCCn1c(=O)c2c(CC[C@@H](C(=O)O)n3c(=O)c4ccccc4n(Cc4nsc5cc(C)cc(C)c45)c3=O)cccc2n(C(C)c2c[nH]c3cccc(C)c23)c1=O. The molecule has 8 aromatic rings. The van der Waals surface area contributed by atoms with Gasteiger partial charge in [0.2, 0.25) is 0 Å². The summed E-state index contributed by atoms with van der Waals surface area (Å²) >= 11 is 1.33. The van der Waals surface area contributed by atoms with Gasteiger partial charge in [-0.25, -0.2) is 19.0 Å². The Kier molecular flexibility index (Phi) is 9.64. The van der Waals surface area contributed by atoms with Gasteiger partial charge in [-0.05, 0) is 111 Å². The summed E-state index contributed by atoms with van der Waals surface area (Å²) < 4.78 is 10.8. The van der Waals surface area contributed by atoms with E-state index in [0.717, 1.165) is 47.8 Å². The Hall–Kier alpha value is -6.34. The molecule has 4 aromatic carbocycles. The number of hydrogen-bond donors (Lipinski definition) is 2. The molecule has 0 aliphatic rings. The molecule has 0 spiro atoms. The largest absolute Gasteiger partial charge is 0.480 e. The van der Waals surface area contributed by atoms with Crippen LogP contribution in [0.1, 0.15) is 72.3 Å². The monoisotopic (exact) mass is 782 g/mol. The van der Waals surface area contributed by atoms with Crippen LogP contribution in [0.15, 0.2) is 98.2 Å². The van der Waals surface area contributed by atoms with Crippen molar-refractivity contribution in [2.24, 2.45) is 0 Å². The number of nitrogens with one attached hydrogen (secondary N) is 1. The Morgan fingerprint density at radius 1 is 0.825 bits per heavy atom. The van der Waals surface area contributed by atoms with Crippen molar-refractivity contribution in [3.8, 4) is 0 Å². The zero-order valence-electron chi connectivity index (χ0n) is 32.3.